The fourth-order valence-electron chi connectivity index (χ4n) is 2.82. The number of methoxy groups -OCH3 is 1. The van der Waals surface area contributed by atoms with Crippen molar-refractivity contribution in [2.24, 2.45) is 4.99 Å². The third kappa shape index (κ3) is 5.75. The molecule has 1 aromatic heterocycles. The van der Waals surface area contributed by atoms with E-state index in [4.69, 9.17) is 4.74 Å². The summed E-state index contributed by atoms with van der Waals surface area (Å²) in [6.07, 6.45) is 5.51. The van der Waals surface area contributed by atoms with E-state index in [1.54, 1.807) is 18.4 Å². The Morgan fingerprint density at radius 2 is 2.39 bits per heavy atom. The molecule has 2 N–H and O–H groups in total. The number of aryl methyl sites for hydroxylation is 1. The molecule has 1 unspecified atom stereocenters. The van der Waals surface area contributed by atoms with Crippen molar-refractivity contribution < 1.29 is 4.74 Å². The number of ether oxygens (including phenoxy) is 1. The van der Waals surface area contributed by atoms with Gasteiger partial charge < -0.3 is 15.4 Å². The molecule has 1 aromatic rings. The second-order valence-electron chi connectivity index (χ2n) is 5.71. The van der Waals surface area contributed by atoms with Crippen molar-refractivity contribution in [1.29, 1.82) is 0 Å². The van der Waals surface area contributed by atoms with Crippen LogP contribution in [-0.2, 0) is 17.7 Å². The standard InChI is InChI=1S/C16H29N5OS/c1-4-14-11-18-15(23-14)12-20-16(17-2)19-10-13-6-5-7-21(13)8-9-22-3/h11,13H,4-10,12H2,1-3H3,(H2,17,19,20). The zero-order chi connectivity index (χ0) is 16.5. The summed E-state index contributed by atoms with van der Waals surface area (Å²) in [5.41, 5.74) is 0. The number of guanidine groups is 1. The van der Waals surface area contributed by atoms with E-state index >= 15 is 0 Å². The molecule has 1 atom stereocenters. The fourth-order valence-corrected chi connectivity index (χ4v) is 3.62. The van der Waals surface area contributed by atoms with Crippen LogP contribution in [0.3, 0.4) is 0 Å². The van der Waals surface area contributed by atoms with Gasteiger partial charge in [0.15, 0.2) is 5.96 Å². The molecule has 0 bridgehead atoms. The van der Waals surface area contributed by atoms with Gasteiger partial charge in [0.25, 0.3) is 0 Å². The van der Waals surface area contributed by atoms with Crippen molar-refractivity contribution in [3.05, 3.63) is 16.1 Å². The molecular formula is C16H29N5OS. The van der Waals surface area contributed by atoms with Gasteiger partial charge in [0.2, 0.25) is 0 Å². The molecule has 2 heterocycles. The Balaban J connectivity index is 1.74. The Hall–Kier alpha value is -1.18. The molecule has 1 aliphatic rings. The number of aliphatic imine (C=N–C) groups is 1. The summed E-state index contributed by atoms with van der Waals surface area (Å²) in [4.78, 5) is 12.6. The van der Waals surface area contributed by atoms with Gasteiger partial charge >= 0.3 is 0 Å². The van der Waals surface area contributed by atoms with E-state index < -0.39 is 0 Å². The molecule has 0 aromatic carbocycles. The molecule has 2 rings (SSSR count). The molecule has 0 aliphatic carbocycles. The van der Waals surface area contributed by atoms with E-state index in [-0.39, 0.29) is 0 Å². The summed E-state index contributed by atoms with van der Waals surface area (Å²) in [5.74, 6) is 0.844. The highest BCUT2D eigenvalue weighted by Gasteiger charge is 2.23. The predicted molar refractivity (Wildman–Crippen MR) is 96.2 cm³/mol. The highest BCUT2D eigenvalue weighted by Crippen LogP contribution is 2.16. The lowest BCUT2D eigenvalue weighted by Gasteiger charge is -2.25. The molecule has 0 radical (unpaired) electrons. The van der Waals surface area contributed by atoms with Gasteiger partial charge in [-0.15, -0.1) is 11.3 Å². The molecule has 1 fully saturated rings. The minimum Gasteiger partial charge on any atom is -0.383 e. The smallest absolute Gasteiger partial charge is 0.191 e. The summed E-state index contributed by atoms with van der Waals surface area (Å²) >= 11 is 1.76. The van der Waals surface area contributed by atoms with E-state index in [1.807, 2.05) is 13.2 Å². The Bertz CT molecular complexity index is 491. The first-order valence-electron chi connectivity index (χ1n) is 8.37. The van der Waals surface area contributed by atoms with Crippen LogP contribution in [0.25, 0.3) is 0 Å². The normalized spacial score (nSPS) is 19.3. The minimum atomic E-state index is 0.565. The van der Waals surface area contributed by atoms with Gasteiger partial charge in [0.1, 0.15) is 5.01 Å². The molecule has 0 spiro atoms. The highest BCUT2D eigenvalue weighted by atomic mass is 32.1. The number of thiazole rings is 1. The second kappa shape index (κ2) is 9.85. The zero-order valence-electron chi connectivity index (χ0n) is 14.5. The first-order chi connectivity index (χ1) is 11.3. The van der Waals surface area contributed by atoms with Gasteiger partial charge in [-0.2, -0.15) is 0 Å². The number of likely N-dealkylation sites (tertiary alicyclic amines) is 1. The number of nitrogens with zero attached hydrogens (tertiary/aromatic N) is 3. The maximum absolute atomic E-state index is 5.19. The topological polar surface area (TPSA) is 61.8 Å². The highest BCUT2D eigenvalue weighted by molar-refractivity contribution is 7.11. The number of aromatic nitrogens is 1. The van der Waals surface area contributed by atoms with E-state index in [9.17, 15) is 0 Å². The van der Waals surface area contributed by atoms with Crippen LogP contribution in [0, 0.1) is 0 Å². The Morgan fingerprint density at radius 3 is 3.09 bits per heavy atom. The van der Waals surface area contributed by atoms with Crippen LogP contribution in [-0.4, -0.2) is 62.3 Å². The van der Waals surface area contributed by atoms with Gasteiger partial charge in [-0.25, -0.2) is 4.98 Å². The first kappa shape index (κ1) is 18.2. The third-order valence-corrected chi connectivity index (χ3v) is 5.31. The number of hydrogen-bond acceptors (Lipinski definition) is 5. The third-order valence-electron chi connectivity index (χ3n) is 4.17. The minimum absolute atomic E-state index is 0.565. The largest absolute Gasteiger partial charge is 0.383 e. The summed E-state index contributed by atoms with van der Waals surface area (Å²) in [7, 11) is 3.57. The lowest BCUT2D eigenvalue weighted by Crippen LogP contribution is -2.45. The monoisotopic (exact) mass is 339 g/mol. The maximum Gasteiger partial charge on any atom is 0.191 e. The zero-order valence-corrected chi connectivity index (χ0v) is 15.3. The van der Waals surface area contributed by atoms with Gasteiger partial charge in [-0.05, 0) is 25.8 Å². The van der Waals surface area contributed by atoms with Crippen molar-refractivity contribution in [3.8, 4) is 0 Å². The fraction of sp³-hybridized carbons (Fsp3) is 0.750. The van der Waals surface area contributed by atoms with Crippen molar-refractivity contribution in [2.75, 3.05) is 40.4 Å². The molecule has 0 saturated carbocycles. The molecule has 0 amide bonds. The Labute approximate surface area is 143 Å². The van der Waals surface area contributed by atoms with Crippen LogP contribution < -0.4 is 10.6 Å². The SMILES string of the molecule is CCc1cnc(CNC(=NC)NCC2CCCN2CCOC)s1. The predicted octanol–water partition coefficient (Wildman–Crippen LogP) is 1.48. The summed E-state index contributed by atoms with van der Waals surface area (Å²) < 4.78 is 5.19. The average molecular weight is 340 g/mol. The average Bonchev–Trinajstić information content (AvgIpc) is 3.22. The van der Waals surface area contributed by atoms with Gasteiger partial charge in [-0.1, -0.05) is 6.92 Å². The second-order valence-corrected chi connectivity index (χ2v) is 6.91. The van der Waals surface area contributed by atoms with Crippen molar-refractivity contribution in [3.63, 3.8) is 0 Å². The van der Waals surface area contributed by atoms with E-state index in [0.717, 1.165) is 43.6 Å². The first-order valence-corrected chi connectivity index (χ1v) is 9.19. The van der Waals surface area contributed by atoms with Crippen LogP contribution >= 0.6 is 11.3 Å². The molecule has 23 heavy (non-hydrogen) atoms. The maximum atomic E-state index is 5.19. The number of rotatable bonds is 8. The van der Waals surface area contributed by atoms with E-state index in [0.29, 0.717) is 6.04 Å². The number of hydrogen-bond donors (Lipinski definition) is 2. The van der Waals surface area contributed by atoms with Gasteiger partial charge in [-0.3, -0.25) is 9.89 Å². The molecular weight excluding hydrogens is 310 g/mol. The Morgan fingerprint density at radius 1 is 1.52 bits per heavy atom. The lowest BCUT2D eigenvalue weighted by molar-refractivity contribution is 0.141. The van der Waals surface area contributed by atoms with Crippen LogP contribution in [0.5, 0.6) is 0 Å². The molecule has 6 nitrogen and oxygen atoms in total. The number of nitrogens with one attached hydrogen (secondary N) is 2. The summed E-state index contributed by atoms with van der Waals surface area (Å²) in [6, 6.07) is 0.565. The van der Waals surface area contributed by atoms with Crippen LogP contribution in [0.2, 0.25) is 0 Å². The quantitative estimate of drug-likeness (QED) is 0.555. The van der Waals surface area contributed by atoms with Gasteiger partial charge in [0, 0.05) is 44.4 Å². The molecule has 1 saturated heterocycles. The lowest BCUT2D eigenvalue weighted by atomic mass is 10.2. The van der Waals surface area contributed by atoms with Crippen LogP contribution in [0.4, 0.5) is 0 Å². The summed E-state index contributed by atoms with van der Waals surface area (Å²) in [6.45, 7) is 6.77. The molecule has 1 aliphatic heterocycles. The van der Waals surface area contributed by atoms with Crippen molar-refractivity contribution >= 4 is 17.3 Å². The Kier molecular flexibility index (Phi) is 7.78. The molecule has 7 heteroatoms. The van der Waals surface area contributed by atoms with E-state index in [2.05, 4.69) is 32.4 Å². The summed E-state index contributed by atoms with van der Waals surface area (Å²) in [5, 5.41) is 7.89. The van der Waals surface area contributed by atoms with Crippen LogP contribution in [0.15, 0.2) is 11.2 Å². The van der Waals surface area contributed by atoms with Crippen molar-refractivity contribution in [2.45, 2.75) is 38.8 Å². The van der Waals surface area contributed by atoms with Crippen LogP contribution in [0.1, 0.15) is 29.7 Å². The van der Waals surface area contributed by atoms with E-state index in [1.165, 1.54) is 24.3 Å². The van der Waals surface area contributed by atoms with Gasteiger partial charge in [0.05, 0.1) is 13.2 Å². The van der Waals surface area contributed by atoms with Crippen molar-refractivity contribution in [1.82, 2.24) is 20.5 Å². The molecule has 130 valence electrons.